The fourth-order valence-corrected chi connectivity index (χ4v) is 6.66. The third-order valence-corrected chi connectivity index (χ3v) is 8.32. The molecule has 0 N–H and O–H groups in total. The summed E-state index contributed by atoms with van der Waals surface area (Å²) in [6.45, 7) is 0. The van der Waals surface area contributed by atoms with E-state index in [0.29, 0.717) is 0 Å². The smallest absolute Gasteiger partial charge is 0.161 e. The average Bonchev–Trinajstić information content (AvgIpc) is 3.69. The van der Waals surface area contributed by atoms with Gasteiger partial charge in [-0.25, -0.2) is 0 Å². The van der Waals surface area contributed by atoms with Gasteiger partial charge in [0, 0.05) is 33.1 Å². The van der Waals surface area contributed by atoms with E-state index in [2.05, 4.69) is 155 Å². The number of furan rings is 1. The summed E-state index contributed by atoms with van der Waals surface area (Å²) < 4.78 is 11.4. The van der Waals surface area contributed by atoms with E-state index in [9.17, 15) is 0 Å². The van der Waals surface area contributed by atoms with Gasteiger partial charge in [0.05, 0.1) is 21.9 Å². The normalized spacial score (nSPS) is 11.9. The minimum absolute atomic E-state index is 0.891. The highest BCUT2D eigenvalue weighted by atomic mass is 16.3. The molecule has 0 radical (unpaired) electrons. The van der Waals surface area contributed by atoms with Crippen LogP contribution in [0.1, 0.15) is 0 Å². The summed E-state index contributed by atoms with van der Waals surface area (Å²) in [6, 6.07) is 51.6. The van der Waals surface area contributed by atoms with Crippen LogP contribution in [0.5, 0.6) is 0 Å². The largest absolute Gasteiger partial charge is 0.454 e. The van der Waals surface area contributed by atoms with E-state index in [1.807, 2.05) is 0 Å². The summed E-state index contributed by atoms with van der Waals surface area (Å²) in [5.74, 6) is 0. The number of rotatable bonds is 3. The molecule has 192 valence electrons. The molecule has 0 aliphatic heterocycles. The Morgan fingerprint density at radius 1 is 0.390 bits per heavy atom. The van der Waals surface area contributed by atoms with Crippen LogP contribution in [0.3, 0.4) is 0 Å². The van der Waals surface area contributed by atoms with Crippen LogP contribution in [0.25, 0.3) is 77.3 Å². The quantitative estimate of drug-likeness (QED) is 0.225. The van der Waals surface area contributed by atoms with Crippen molar-refractivity contribution in [1.82, 2.24) is 9.13 Å². The SMILES string of the molecule is c1ccc(-n2c3ccccc3c3cccc(-c4cccc5oc6c7ccccc7n(-c7ccccc7)c6c45)c32)cc1. The van der Waals surface area contributed by atoms with Crippen molar-refractivity contribution in [3.8, 4) is 22.5 Å². The van der Waals surface area contributed by atoms with Crippen molar-refractivity contribution in [2.45, 2.75) is 0 Å². The molecule has 41 heavy (non-hydrogen) atoms. The lowest BCUT2D eigenvalue weighted by atomic mass is 9.98. The van der Waals surface area contributed by atoms with Gasteiger partial charge in [-0.05, 0) is 54.1 Å². The zero-order valence-electron chi connectivity index (χ0n) is 22.2. The van der Waals surface area contributed by atoms with E-state index in [1.54, 1.807) is 0 Å². The van der Waals surface area contributed by atoms with Gasteiger partial charge in [-0.1, -0.05) is 97.1 Å². The monoisotopic (exact) mass is 524 g/mol. The van der Waals surface area contributed by atoms with Crippen LogP contribution in [0.2, 0.25) is 0 Å². The number of para-hydroxylation sites is 5. The molecule has 0 aliphatic carbocycles. The number of nitrogens with zero attached hydrogens (tertiary/aromatic N) is 2. The van der Waals surface area contributed by atoms with Crippen molar-refractivity contribution in [3.05, 3.63) is 146 Å². The van der Waals surface area contributed by atoms with Crippen molar-refractivity contribution in [3.63, 3.8) is 0 Å². The van der Waals surface area contributed by atoms with Crippen LogP contribution in [0.4, 0.5) is 0 Å². The summed E-state index contributed by atoms with van der Waals surface area (Å²) in [7, 11) is 0. The molecular formula is C38H24N2O. The predicted octanol–water partition coefficient (Wildman–Crippen LogP) is 10.3. The second-order valence-corrected chi connectivity index (χ2v) is 10.5. The zero-order valence-corrected chi connectivity index (χ0v) is 22.2. The molecule has 0 spiro atoms. The van der Waals surface area contributed by atoms with Crippen molar-refractivity contribution < 1.29 is 4.42 Å². The number of hydrogen-bond acceptors (Lipinski definition) is 1. The van der Waals surface area contributed by atoms with Crippen LogP contribution in [0, 0.1) is 0 Å². The molecule has 0 atom stereocenters. The molecule has 0 saturated heterocycles. The molecule has 0 fully saturated rings. The molecule has 0 aliphatic rings. The molecule has 3 nitrogen and oxygen atoms in total. The van der Waals surface area contributed by atoms with E-state index in [0.717, 1.165) is 49.9 Å². The number of aromatic nitrogens is 2. The number of benzene rings is 6. The molecule has 0 saturated carbocycles. The van der Waals surface area contributed by atoms with Gasteiger partial charge in [-0.3, -0.25) is 0 Å². The third-order valence-electron chi connectivity index (χ3n) is 8.32. The lowest BCUT2D eigenvalue weighted by Gasteiger charge is -2.13. The fourth-order valence-electron chi connectivity index (χ4n) is 6.66. The van der Waals surface area contributed by atoms with E-state index >= 15 is 0 Å². The highest BCUT2D eigenvalue weighted by molar-refractivity contribution is 6.22. The van der Waals surface area contributed by atoms with Gasteiger partial charge in [0.1, 0.15) is 11.1 Å². The molecule has 6 aromatic carbocycles. The molecule has 9 rings (SSSR count). The lowest BCUT2D eigenvalue weighted by molar-refractivity contribution is 0.673. The van der Waals surface area contributed by atoms with Crippen LogP contribution in [-0.2, 0) is 0 Å². The maximum Gasteiger partial charge on any atom is 0.161 e. The second kappa shape index (κ2) is 8.48. The Labute approximate surface area is 236 Å². The Balaban J connectivity index is 1.48. The minimum atomic E-state index is 0.891. The van der Waals surface area contributed by atoms with Crippen LogP contribution in [-0.4, -0.2) is 9.13 Å². The average molecular weight is 525 g/mol. The van der Waals surface area contributed by atoms with E-state index in [4.69, 9.17) is 4.42 Å². The summed E-state index contributed by atoms with van der Waals surface area (Å²) in [5, 5.41) is 4.73. The summed E-state index contributed by atoms with van der Waals surface area (Å²) in [5.41, 5.74) is 11.1. The molecule has 0 amide bonds. The first-order chi connectivity index (χ1) is 20.4. The zero-order chi connectivity index (χ0) is 26.9. The van der Waals surface area contributed by atoms with Gasteiger partial charge in [-0.15, -0.1) is 0 Å². The Bertz CT molecular complexity index is 2410. The minimum Gasteiger partial charge on any atom is -0.454 e. The summed E-state index contributed by atoms with van der Waals surface area (Å²) >= 11 is 0. The van der Waals surface area contributed by atoms with E-state index in [1.165, 1.54) is 27.4 Å². The lowest BCUT2D eigenvalue weighted by Crippen LogP contribution is -1.96. The molecule has 3 aromatic heterocycles. The van der Waals surface area contributed by atoms with Gasteiger partial charge in [0.25, 0.3) is 0 Å². The standard InChI is InChI=1S/C38H24N2O/c1-3-13-25(14-4-1)39-32-22-9-7-17-27(32)29-20-11-21-30(36(29)39)28-19-12-24-34-35(28)37-38(41-34)31-18-8-10-23-33(31)40(37)26-15-5-2-6-16-26/h1-24H. The molecule has 3 heteroatoms. The van der Waals surface area contributed by atoms with Crippen molar-refractivity contribution in [2.24, 2.45) is 0 Å². The number of fused-ring (bicyclic) bond motifs is 8. The molecule has 9 aromatic rings. The third kappa shape index (κ3) is 3.09. The van der Waals surface area contributed by atoms with Crippen LogP contribution >= 0.6 is 0 Å². The highest BCUT2D eigenvalue weighted by Crippen LogP contribution is 2.45. The Morgan fingerprint density at radius 2 is 0.927 bits per heavy atom. The predicted molar refractivity (Wildman–Crippen MR) is 170 cm³/mol. The molecule has 0 bridgehead atoms. The Hall–Kier alpha value is -5.54. The first kappa shape index (κ1) is 22.3. The fraction of sp³-hybridized carbons (Fsp3) is 0. The van der Waals surface area contributed by atoms with E-state index < -0.39 is 0 Å². The Morgan fingerprint density at radius 3 is 1.66 bits per heavy atom. The van der Waals surface area contributed by atoms with Gasteiger partial charge in [-0.2, -0.15) is 0 Å². The van der Waals surface area contributed by atoms with Gasteiger partial charge in [0.15, 0.2) is 5.58 Å². The summed E-state index contributed by atoms with van der Waals surface area (Å²) in [6.07, 6.45) is 0. The van der Waals surface area contributed by atoms with Gasteiger partial charge in [0.2, 0.25) is 0 Å². The van der Waals surface area contributed by atoms with Crippen LogP contribution < -0.4 is 0 Å². The summed E-state index contributed by atoms with van der Waals surface area (Å²) in [4.78, 5) is 0. The maximum atomic E-state index is 6.69. The van der Waals surface area contributed by atoms with Gasteiger partial charge < -0.3 is 13.6 Å². The highest BCUT2D eigenvalue weighted by Gasteiger charge is 2.23. The molecule has 0 unspecified atom stereocenters. The maximum absolute atomic E-state index is 6.69. The Kier molecular flexibility index (Phi) is 4.61. The molecular weight excluding hydrogens is 500 g/mol. The van der Waals surface area contributed by atoms with Crippen molar-refractivity contribution in [1.29, 1.82) is 0 Å². The van der Waals surface area contributed by atoms with Gasteiger partial charge >= 0.3 is 0 Å². The molecule has 3 heterocycles. The second-order valence-electron chi connectivity index (χ2n) is 10.5. The van der Waals surface area contributed by atoms with Crippen molar-refractivity contribution >= 4 is 54.8 Å². The van der Waals surface area contributed by atoms with E-state index in [-0.39, 0.29) is 0 Å². The van der Waals surface area contributed by atoms with Crippen molar-refractivity contribution in [2.75, 3.05) is 0 Å². The first-order valence-electron chi connectivity index (χ1n) is 14.0. The number of hydrogen-bond donors (Lipinski definition) is 0. The first-order valence-corrected chi connectivity index (χ1v) is 14.0. The topological polar surface area (TPSA) is 23.0 Å². The van der Waals surface area contributed by atoms with Crippen LogP contribution in [0.15, 0.2) is 150 Å².